The second-order valence-electron chi connectivity index (χ2n) is 6.47. The molecular formula is C18H19N3O5. The van der Waals surface area contributed by atoms with Crippen molar-refractivity contribution < 1.29 is 20.7 Å². The first-order valence-electron chi connectivity index (χ1n) is 8.93. The fraction of sp³-hybridized carbons (Fsp3) is 0.389. The molecule has 2 aromatic rings. The van der Waals surface area contributed by atoms with Crippen molar-refractivity contribution in [2.45, 2.75) is 44.0 Å². The molecule has 3 heterocycles. The molecule has 2 aliphatic rings. The molecule has 1 aromatic heterocycles. The zero-order chi connectivity index (χ0) is 19.2. The average molecular weight is 358 g/mol. The van der Waals surface area contributed by atoms with E-state index in [-0.39, 0.29) is 18.6 Å². The Morgan fingerprint density at radius 2 is 2.15 bits per heavy atom. The summed E-state index contributed by atoms with van der Waals surface area (Å²) in [6, 6.07) is 10.1. The zero-order valence-electron chi connectivity index (χ0n) is 15.0. The number of fused-ring (bicyclic) bond motifs is 2. The number of amides is 1. The summed E-state index contributed by atoms with van der Waals surface area (Å²) >= 11 is 0. The van der Waals surface area contributed by atoms with Crippen LogP contribution in [0.15, 0.2) is 47.4 Å². The maximum Gasteiger partial charge on any atom is 0.351 e. The van der Waals surface area contributed by atoms with Crippen molar-refractivity contribution >= 4 is 11.7 Å². The zero-order valence-corrected chi connectivity index (χ0v) is 14.0. The number of benzene rings is 1. The van der Waals surface area contributed by atoms with Crippen LogP contribution in [0.1, 0.15) is 31.8 Å². The monoisotopic (exact) mass is 358 g/mol. The van der Waals surface area contributed by atoms with E-state index in [1.54, 1.807) is 37.3 Å². The van der Waals surface area contributed by atoms with Crippen molar-refractivity contribution in [3.63, 3.8) is 0 Å². The molecule has 1 amide bonds. The van der Waals surface area contributed by atoms with E-state index < -0.39 is 35.8 Å². The molecule has 0 spiro atoms. The van der Waals surface area contributed by atoms with Crippen molar-refractivity contribution in [3.05, 3.63) is 58.6 Å². The van der Waals surface area contributed by atoms with E-state index in [0.29, 0.717) is 5.56 Å². The Hall–Kier alpha value is -2.55. The Balaban J connectivity index is 1.55. The van der Waals surface area contributed by atoms with Gasteiger partial charge in [-0.05, 0) is 32.0 Å². The van der Waals surface area contributed by atoms with Gasteiger partial charge in [-0.2, -0.15) is 4.98 Å². The Kier molecular flexibility index (Phi) is 3.63. The van der Waals surface area contributed by atoms with Crippen LogP contribution in [0, 0.1) is 0 Å². The van der Waals surface area contributed by atoms with Crippen molar-refractivity contribution in [1.82, 2.24) is 9.55 Å². The minimum atomic E-state index is -1.16. The highest BCUT2D eigenvalue weighted by Gasteiger charge is 2.63. The number of aromatic nitrogens is 2. The first kappa shape index (κ1) is 15.7. The summed E-state index contributed by atoms with van der Waals surface area (Å²) in [5.41, 5.74) is -1.36. The van der Waals surface area contributed by atoms with Crippen LogP contribution in [0.4, 0.5) is 5.82 Å². The molecule has 5 atom stereocenters. The number of hydrogen-bond donors (Lipinski definition) is 2. The van der Waals surface area contributed by atoms with E-state index in [0.717, 1.165) is 0 Å². The van der Waals surface area contributed by atoms with E-state index in [4.69, 9.17) is 10.8 Å². The third kappa shape index (κ3) is 2.54. The topological polar surface area (TPSA) is 103 Å². The number of hydrogen-bond acceptors (Lipinski definition) is 6. The van der Waals surface area contributed by atoms with E-state index in [1.165, 1.54) is 16.8 Å². The van der Waals surface area contributed by atoms with E-state index in [9.17, 15) is 14.7 Å². The minimum Gasteiger partial charge on any atom is -0.387 e. The van der Waals surface area contributed by atoms with Gasteiger partial charge in [-0.25, -0.2) is 4.79 Å². The molecule has 1 unspecified atom stereocenters. The molecule has 1 aromatic carbocycles. The van der Waals surface area contributed by atoms with Gasteiger partial charge < -0.3 is 19.9 Å². The van der Waals surface area contributed by atoms with Gasteiger partial charge in [0.25, 0.3) is 5.91 Å². The maximum atomic E-state index is 12.4. The van der Waals surface area contributed by atoms with Gasteiger partial charge in [0, 0.05) is 13.1 Å². The molecule has 8 nitrogen and oxygen atoms in total. The second kappa shape index (κ2) is 6.01. The summed E-state index contributed by atoms with van der Waals surface area (Å²) in [5, 5.41) is 13.0. The fourth-order valence-corrected chi connectivity index (χ4v) is 3.29. The summed E-state index contributed by atoms with van der Waals surface area (Å²) in [6.45, 7) is 1.55. The number of nitrogens with one attached hydrogen (secondary N) is 1. The number of anilines is 1. The summed E-state index contributed by atoms with van der Waals surface area (Å²) in [4.78, 5) is 28.5. The average Bonchev–Trinajstić information content (AvgIpc) is 3.09. The lowest BCUT2D eigenvalue weighted by atomic mass is 9.96. The van der Waals surface area contributed by atoms with Gasteiger partial charge in [-0.1, -0.05) is 18.2 Å². The molecule has 2 bridgehead atoms. The Morgan fingerprint density at radius 1 is 1.38 bits per heavy atom. The number of ether oxygens (including phenoxy) is 2. The highest BCUT2D eigenvalue weighted by atomic mass is 16.7. The first-order valence-corrected chi connectivity index (χ1v) is 8.22. The fourth-order valence-electron chi connectivity index (χ4n) is 3.29. The lowest BCUT2D eigenvalue weighted by Gasteiger charge is -2.33. The molecule has 4 rings (SSSR count). The largest absolute Gasteiger partial charge is 0.387 e. The van der Waals surface area contributed by atoms with Crippen molar-refractivity contribution in [1.29, 1.82) is 0 Å². The SMILES string of the molecule is [2H]C[C@@]12O[C@@H](n3ccc(NC(=O)c4ccccc4)nc3=O)[C@@H](OC1C)[C@H]2O. The van der Waals surface area contributed by atoms with Crippen molar-refractivity contribution in [2.75, 3.05) is 5.32 Å². The standard InChI is InChI=1S/C18H19N3O5/c1-10-18(2)14(22)13(25-10)16(26-18)21-9-8-12(20-17(21)24)19-15(23)11-6-4-3-5-7-11/h3-10,13-14,16,22H,1-2H3,(H,19,20,23,24)/t10?,13-,14+,16+,18+/m0/s1/i2D. The lowest BCUT2D eigenvalue weighted by Crippen LogP contribution is -2.44. The quantitative estimate of drug-likeness (QED) is 0.846. The predicted molar refractivity (Wildman–Crippen MR) is 91.8 cm³/mol. The Labute approximate surface area is 150 Å². The molecule has 2 N–H and O–H groups in total. The molecule has 2 aliphatic heterocycles. The van der Waals surface area contributed by atoms with Crippen LogP contribution in [0.3, 0.4) is 0 Å². The first-order chi connectivity index (χ1) is 13.0. The van der Waals surface area contributed by atoms with Crippen LogP contribution < -0.4 is 11.0 Å². The van der Waals surface area contributed by atoms with Crippen LogP contribution in [-0.2, 0) is 9.47 Å². The predicted octanol–water partition coefficient (Wildman–Crippen LogP) is 0.931. The molecule has 2 fully saturated rings. The molecule has 2 saturated heterocycles. The number of aliphatic hydroxyl groups is 1. The number of aliphatic hydroxyl groups excluding tert-OH is 1. The van der Waals surface area contributed by atoms with Crippen LogP contribution in [0.25, 0.3) is 0 Å². The summed E-state index contributed by atoms with van der Waals surface area (Å²) in [5.74, 6) is -0.268. The Bertz CT molecular complexity index is 921. The number of rotatable bonds is 3. The highest BCUT2D eigenvalue weighted by molar-refractivity contribution is 6.03. The minimum absolute atomic E-state index is 0.110. The molecule has 0 saturated carbocycles. The van der Waals surface area contributed by atoms with Crippen LogP contribution in [-0.4, -0.2) is 44.5 Å². The summed E-state index contributed by atoms with van der Waals surface area (Å²) in [6.07, 6.45) is -1.64. The number of nitrogens with zero attached hydrogens (tertiary/aromatic N) is 2. The van der Waals surface area contributed by atoms with Gasteiger partial charge in [0.15, 0.2) is 6.23 Å². The van der Waals surface area contributed by atoms with Crippen LogP contribution >= 0.6 is 0 Å². The van der Waals surface area contributed by atoms with E-state index in [2.05, 4.69) is 10.3 Å². The smallest absolute Gasteiger partial charge is 0.351 e. The van der Waals surface area contributed by atoms with Gasteiger partial charge in [-0.15, -0.1) is 0 Å². The van der Waals surface area contributed by atoms with Crippen molar-refractivity contribution in [3.8, 4) is 0 Å². The van der Waals surface area contributed by atoms with Crippen molar-refractivity contribution in [2.24, 2.45) is 0 Å². The maximum absolute atomic E-state index is 12.4. The Morgan fingerprint density at radius 3 is 2.81 bits per heavy atom. The molecule has 0 aliphatic carbocycles. The lowest BCUT2D eigenvalue weighted by molar-refractivity contribution is -0.200. The third-order valence-corrected chi connectivity index (χ3v) is 4.86. The van der Waals surface area contributed by atoms with Gasteiger partial charge in [0.1, 0.15) is 23.6 Å². The molecule has 0 radical (unpaired) electrons. The summed E-state index contributed by atoms with van der Waals surface area (Å²) < 4.78 is 20.5. The van der Waals surface area contributed by atoms with Gasteiger partial charge in [0.2, 0.25) is 0 Å². The van der Waals surface area contributed by atoms with Gasteiger partial charge in [-0.3, -0.25) is 9.36 Å². The normalized spacial score (nSPS) is 33.1. The van der Waals surface area contributed by atoms with E-state index in [1.807, 2.05) is 0 Å². The molecular weight excluding hydrogens is 338 g/mol. The number of carbonyl (C=O) groups is 1. The van der Waals surface area contributed by atoms with Gasteiger partial charge >= 0.3 is 5.69 Å². The second-order valence-corrected chi connectivity index (χ2v) is 6.47. The molecule has 8 heteroatoms. The number of carbonyl (C=O) groups excluding carboxylic acids is 1. The van der Waals surface area contributed by atoms with E-state index >= 15 is 0 Å². The summed E-state index contributed by atoms with van der Waals surface area (Å²) in [7, 11) is 0. The third-order valence-electron chi connectivity index (χ3n) is 4.86. The molecule has 26 heavy (non-hydrogen) atoms. The van der Waals surface area contributed by atoms with Crippen LogP contribution in [0.2, 0.25) is 0 Å². The highest BCUT2D eigenvalue weighted by Crippen LogP contribution is 2.47. The van der Waals surface area contributed by atoms with Gasteiger partial charge in [0.05, 0.1) is 6.10 Å². The molecule has 136 valence electrons. The van der Waals surface area contributed by atoms with Crippen LogP contribution in [0.5, 0.6) is 0 Å².